The van der Waals surface area contributed by atoms with E-state index in [4.69, 9.17) is 4.74 Å². The first-order chi connectivity index (χ1) is 9.87. The fraction of sp³-hybridized carbons (Fsp3) is 0.562. The van der Waals surface area contributed by atoms with Crippen LogP contribution in [0, 0.1) is 5.92 Å². The van der Waals surface area contributed by atoms with E-state index in [1.807, 2.05) is 13.8 Å². The maximum Gasteiger partial charge on any atom is 0.416 e. The molecule has 0 radical (unpaired) electrons. The van der Waals surface area contributed by atoms with E-state index in [0.717, 1.165) is 12.1 Å². The van der Waals surface area contributed by atoms with Crippen molar-refractivity contribution >= 4 is 11.8 Å². The van der Waals surface area contributed by atoms with Gasteiger partial charge in [-0.15, -0.1) is 0 Å². The zero-order valence-corrected chi connectivity index (χ0v) is 13.5. The second-order valence-electron chi connectivity index (χ2n) is 6.64. The van der Waals surface area contributed by atoms with Crippen LogP contribution in [0.5, 0.6) is 0 Å². The topological polar surface area (TPSA) is 38.3 Å². The molecule has 0 heterocycles. The number of carbonyl (C=O) groups excluding carboxylic acids is 1. The zero-order valence-electron chi connectivity index (χ0n) is 13.5. The molecule has 1 aromatic rings. The lowest BCUT2D eigenvalue weighted by molar-refractivity contribution is -0.137. The molecular formula is C16H22F3NO2. The van der Waals surface area contributed by atoms with Gasteiger partial charge in [-0.05, 0) is 56.9 Å². The Morgan fingerprint density at radius 2 is 1.77 bits per heavy atom. The van der Waals surface area contributed by atoms with Crippen molar-refractivity contribution < 1.29 is 22.7 Å². The summed E-state index contributed by atoms with van der Waals surface area (Å²) in [4.78, 5) is 11.7. The summed E-state index contributed by atoms with van der Waals surface area (Å²) in [5.41, 5.74) is -0.890. The molecule has 6 heteroatoms. The molecule has 0 saturated heterocycles. The van der Waals surface area contributed by atoms with Gasteiger partial charge in [0, 0.05) is 5.69 Å². The van der Waals surface area contributed by atoms with Gasteiger partial charge in [0.25, 0.3) is 0 Å². The summed E-state index contributed by atoms with van der Waals surface area (Å²) in [6.45, 7) is 8.89. The lowest BCUT2D eigenvalue weighted by atomic mass is 10.00. The monoisotopic (exact) mass is 317 g/mol. The highest BCUT2D eigenvalue weighted by Crippen LogP contribution is 2.32. The van der Waals surface area contributed by atoms with Crippen LogP contribution >= 0.6 is 0 Å². The van der Waals surface area contributed by atoms with Crippen molar-refractivity contribution in [2.45, 2.75) is 52.8 Å². The number of hydrogen-bond acceptors (Lipinski definition) is 2. The van der Waals surface area contributed by atoms with E-state index >= 15 is 0 Å². The Hall–Kier alpha value is -1.72. The summed E-state index contributed by atoms with van der Waals surface area (Å²) in [7, 11) is 0. The van der Waals surface area contributed by atoms with Crippen LogP contribution in [0.4, 0.5) is 23.7 Å². The first-order valence-corrected chi connectivity index (χ1v) is 7.08. The normalized spacial score (nSPS) is 12.4. The van der Waals surface area contributed by atoms with Crippen molar-refractivity contribution in [2.24, 2.45) is 5.92 Å². The van der Waals surface area contributed by atoms with Crippen molar-refractivity contribution in [1.82, 2.24) is 0 Å². The summed E-state index contributed by atoms with van der Waals surface area (Å²) in [5, 5.41) is 2.36. The molecule has 3 nitrogen and oxygen atoms in total. The van der Waals surface area contributed by atoms with Gasteiger partial charge in [-0.25, -0.2) is 4.79 Å². The second-order valence-corrected chi connectivity index (χ2v) is 6.64. The van der Waals surface area contributed by atoms with Crippen molar-refractivity contribution in [1.29, 1.82) is 0 Å². The van der Waals surface area contributed by atoms with Crippen LogP contribution in [0.15, 0.2) is 18.2 Å². The predicted molar refractivity (Wildman–Crippen MR) is 79.8 cm³/mol. The number of rotatable bonds is 3. The number of anilines is 1. The van der Waals surface area contributed by atoms with Crippen molar-refractivity contribution in [3.8, 4) is 0 Å². The molecule has 0 aliphatic carbocycles. The number of ether oxygens (including phenoxy) is 1. The molecule has 0 atom stereocenters. The molecule has 0 bridgehead atoms. The third kappa shape index (κ3) is 6.37. The summed E-state index contributed by atoms with van der Waals surface area (Å²) >= 11 is 0. The predicted octanol–water partition coefficient (Wildman–Crippen LogP) is 5.25. The molecule has 0 fully saturated rings. The average molecular weight is 317 g/mol. The molecule has 124 valence electrons. The number of carbonyl (C=O) groups is 1. The van der Waals surface area contributed by atoms with Crippen LogP contribution in [-0.2, 0) is 17.3 Å². The summed E-state index contributed by atoms with van der Waals surface area (Å²) in [5.74, 6) is 0.206. The lowest BCUT2D eigenvalue weighted by Crippen LogP contribution is -2.27. The van der Waals surface area contributed by atoms with Crippen molar-refractivity contribution in [3.63, 3.8) is 0 Å². The zero-order chi connectivity index (χ0) is 17.1. The van der Waals surface area contributed by atoms with Gasteiger partial charge in [-0.1, -0.05) is 13.8 Å². The van der Waals surface area contributed by atoms with Gasteiger partial charge in [-0.2, -0.15) is 13.2 Å². The minimum absolute atomic E-state index is 0.0831. The third-order valence-corrected chi connectivity index (χ3v) is 2.61. The maximum atomic E-state index is 12.9. The molecule has 0 aromatic heterocycles. The van der Waals surface area contributed by atoms with Gasteiger partial charge in [-0.3, -0.25) is 5.32 Å². The van der Waals surface area contributed by atoms with Crippen LogP contribution < -0.4 is 5.32 Å². The number of benzene rings is 1. The van der Waals surface area contributed by atoms with E-state index in [9.17, 15) is 18.0 Å². The Kier molecular flexibility index (Phi) is 5.49. The standard InChI is InChI=1S/C16H22F3NO2/c1-10(2)6-11-7-12(16(17,18)19)9-13(8-11)20-14(21)22-15(3,4)5/h7-10H,6H2,1-5H3,(H,20,21). The molecule has 1 N–H and O–H groups in total. The average Bonchev–Trinajstić information content (AvgIpc) is 2.22. The Balaban J connectivity index is 3.05. The highest BCUT2D eigenvalue weighted by Gasteiger charge is 2.31. The van der Waals surface area contributed by atoms with Crippen LogP contribution in [0.25, 0.3) is 0 Å². The van der Waals surface area contributed by atoms with Gasteiger partial charge in [0.05, 0.1) is 5.56 Å². The molecule has 1 amide bonds. The summed E-state index contributed by atoms with van der Waals surface area (Å²) in [6, 6.07) is 3.56. The highest BCUT2D eigenvalue weighted by atomic mass is 19.4. The van der Waals surface area contributed by atoms with E-state index < -0.39 is 23.4 Å². The molecule has 0 aliphatic rings. The number of hydrogen-bond donors (Lipinski definition) is 1. The molecule has 0 aliphatic heterocycles. The fourth-order valence-electron chi connectivity index (χ4n) is 1.94. The molecule has 1 aromatic carbocycles. The SMILES string of the molecule is CC(C)Cc1cc(NC(=O)OC(C)(C)C)cc(C(F)(F)F)c1. The fourth-order valence-corrected chi connectivity index (χ4v) is 1.94. The molecular weight excluding hydrogens is 295 g/mol. The third-order valence-electron chi connectivity index (χ3n) is 2.61. The minimum atomic E-state index is -4.46. The Bertz CT molecular complexity index is 531. The number of halogens is 3. The Labute approximate surface area is 128 Å². The number of nitrogens with one attached hydrogen (secondary N) is 1. The second kappa shape index (κ2) is 6.58. The van der Waals surface area contributed by atoms with E-state index in [0.29, 0.717) is 12.0 Å². The highest BCUT2D eigenvalue weighted by molar-refractivity contribution is 5.85. The van der Waals surface area contributed by atoms with Crippen LogP contribution in [-0.4, -0.2) is 11.7 Å². The van der Waals surface area contributed by atoms with Gasteiger partial charge in [0.1, 0.15) is 5.60 Å². The smallest absolute Gasteiger partial charge is 0.416 e. The Morgan fingerprint density at radius 3 is 2.23 bits per heavy atom. The minimum Gasteiger partial charge on any atom is -0.444 e. The van der Waals surface area contributed by atoms with Gasteiger partial charge < -0.3 is 4.74 Å². The molecule has 0 unspecified atom stereocenters. The van der Waals surface area contributed by atoms with Gasteiger partial charge in [0.2, 0.25) is 0 Å². The van der Waals surface area contributed by atoms with Crippen LogP contribution in [0.2, 0.25) is 0 Å². The summed E-state index contributed by atoms with van der Waals surface area (Å²) in [6.07, 6.45) is -4.74. The van der Waals surface area contributed by atoms with E-state index in [1.165, 1.54) is 0 Å². The lowest BCUT2D eigenvalue weighted by Gasteiger charge is -2.20. The van der Waals surface area contributed by atoms with Crippen LogP contribution in [0.1, 0.15) is 45.7 Å². The van der Waals surface area contributed by atoms with Gasteiger partial charge in [0.15, 0.2) is 0 Å². The molecule has 1 rings (SSSR count). The maximum absolute atomic E-state index is 12.9. The van der Waals surface area contributed by atoms with E-state index in [-0.39, 0.29) is 11.6 Å². The van der Waals surface area contributed by atoms with E-state index in [1.54, 1.807) is 26.8 Å². The van der Waals surface area contributed by atoms with Gasteiger partial charge >= 0.3 is 12.3 Å². The molecule has 22 heavy (non-hydrogen) atoms. The summed E-state index contributed by atoms with van der Waals surface area (Å²) < 4.78 is 43.9. The Morgan fingerprint density at radius 1 is 1.18 bits per heavy atom. The first-order valence-electron chi connectivity index (χ1n) is 7.08. The first kappa shape index (κ1) is 18.3. The number of amides is 1. The molecule has 0 saturated carbocycles. The molecule has 0 spiro atoms. The van der Waals surface area contributed by atoms with Crippen molar-refractivity contribution in [2.75, 3.05) is 5.32 Å². The van der Waals surface area contributed by atoms with Crippen LogP contribution in [0.3, 0.4) is 0 Å². The largest absolute Gasteiger partial charge is 0.444 e. The quantitative estimate of drug-likeness (QED) is 0.826. The number of alkyl halides is 3. The van der Waals surface area contributed by atoms with Crippen molar-refractivity contribution in [3.05, 3.63) is 29.3 Å². The van der Waals surface area contributed by atoms with E-state index in [2.05, 4.69) is 5.32 Å².